The number of rotatable bonds is 6. The molecule has 1 amide bonds. The standard InChI is InChI=1S/C28H31Cl2F3N2O/c29-19-26(34-15-11-22(12-16-34)21-4-8-25(30)9-5-21)23-13-17-35(18-14-23)27(36)10-3-20-1-6-24(7-2-20)28(31,32)33/h1-10,22-23,26H,11-19H2/b10-3+. The molecule has 8 heteroatoms. The Morgan fingerprint density at radius 2 is 1.56 bits per heavy atom. The number of piperidine rings is 2. The smallest absolute Gasteiger partial charge is 0.339 e. The predicted octanol–water partition coefficient (Wildman–Crippen LogP) is 7.10. The molecule has 0 radical (unpaired) electrons. The number of carbonyl (C=O) groups excluding carboxylic acids is 1. The van der Waals surface area contributed by atoms with Gasteiger partial charge in [0.25, 0.3) is 0 Å². The molecule has 36 heavy (non-hydrogen) atoms. The maximum atomic E-state index is 12.7. The fraction of sp³-hybridized carbons (Fsp3) is 0.464. The Morgan fingerprint density at radius 1 is 0.944 bits per heavy atom. The number of carbonyl (C=O) groups is 1. The molecule has 2 aliphatic rings. The van der Waals surface area contributed by atoms with Crippen LogP contribution < -0.4 is 0 Å². The number of amides is 1. The van der Waals surface area contributed by atoms with Crippen LogP contribution in [0.1, 0.15) is 48.3 Å². The van der Waals surface area contributed by atoms with Gasteiger partial charge >= 0.3 is 6.18 Å². The molecule has 2 saturated heterocycles. The highest BCUT2D eigenvalue weighted by Gasteiger charge is 2.33. The van der Waals surface area contributed by atoms with E-state index in [2.05, 4.69) is 17.0 Å². The third kappa shape index (κ3) is 6.84. The average Bonchev–Trinajstić information content (AvgIpc) is 2.89. The third-order valence-electron chi connectivity index (χ3n) is 7.55. The number of benzene rings is 2. The molecular formula is C28H31Cl2F3N2O. The number of nitrogens with zero attached hydrogens (tertiary/aromatic N) is 2. The first-order valence-corrected chi connectivity index (χ1v) is 13.4. The minimum atomic E-state index is -4.37. The van der Waals surface area contributed by atoms with Crippen LogP contribution in [0.2, 0.25) is 5.02 Å². The Hall–Kier alpha value is -2.02. The predicted molar refractivity (Wildman–Crippen MR) is 139 cm³/mol. The highest BCUT2D eigenvalue weighted by molar-refractivity contribution is 6.30. The molecule has 0 N–H and O–H groups in total. The first-order chi connectivity index (χ1) is 17.2. The summed E-state index contributed by atoms with van der Waals surface area (Å²) < 4.78 is 38.1. The molecule has 0 aromatic heterocycles. The van der Waals surface area contributed by atoms with E-state index in [0.717, 1.165) is 55.9 Å². The van der Waals surface area contributed by atoms with Gasteiger partial charge in [-0.25, -0.2) is 0 Å². The molecule has 0 bridgehead atoms. The average molecular weight is 539 g/mol. The summed E-state index contributed by atoms with van der Waals surface area (Å²) in [6, 6.07) is 13.3. The van der Waals surface area contributed by atoms with Crippen molar-refractivity contribution in [1.29, 1.82) is 0 Å². The van der Waals surface area contributed by atoms with Gasteiger partial charge in [-0.1, -0.05) is 35.9 Å². The fourth-order valence-corrected chi connectivity index (χ4v) is 5.96. The molecule has 0 spiro atoms. The minimum Gasteiger partial charge on any atom is -0.339 e. The number of alkyl halides is 4. The zero-order chi connectivity index (χ0) is 25.7. The maximum absolute atomic E-state index is 12.7. The van der Waals surface area contributed by atoms with Crippen molar-refractivity contribution in [2.75, 3.05) is 32.1 Å². The van der Waals surface area contributed by atoms with Gasteiger partial charge in [0.15, 0.2) is 0 Å². The summed E-state index contributed by atoms with van der Waals surface area (Å²) in [7, 11) is 0. The van der Waals surface area contributed by atoms with Crippen LogP contribution >= 0.6 is 23.2 Å². The molecule has 2 aromatic carbocycles. The van der Waals surface area contributed by atoms with Crippen molar-refractivity contribution in [3.8, 4) is 0 Å². The normalized spacial score (nSPS) is 19.6. The molecule has 1 unspecified atom stereocenters. The first kappa shape index (κ1) is 27.0. The molecule has 2 aliphatic heterocycles. The molecular weight excluding hydrogens is 508 g/mol. The van der Waals surface area contributed by atoms with Gasteiger partial charge in [-0.3, -0.25) is 9.69 Å². The summed E-state index contributed by atoms with van der Waals surface area (Å²) in [5.74, 6) is 1.46. The van der Waals surface area contributed by atoms with Gasteiger partial charge in [-0.05, 0) is 92.1 Å². The highest BCUT2D eigenvalue weighted by atomic mass is 35.5. The maximum Gasteiger partial charge on any atom is 0.416 e. The van der Waals surface area contributed by atoms with E-state index in [0.29, 0.717) is 42.4 Å². The van der Waals surface area contributed by atoms with Crippen LogP contribution in [-0.4, -0.2) is 53.8 Å². The summed E-state index contributed by atoms with van der Waals surface area (Å²) in [5.41, 5.74) is 1.21. The molecule has 0 saturated carbocycles. The molecule has 1 atom stereocenters. The van der Waals surface area contributed by atoms with Crippen molar-refractivity contribution in [3.63, 3.8) is 0 Å². The van der Waals surface area contributed by atoms with Crippen molar-refractivity contribution < 1.29 is 18.0 Å². The Morgan fingerprint density at radius 3 is 2.11 bits per heavy atom. The lowest BCUT2D eigenvalue weighted by atomic mass is 9.85. The van der Waals surface area contributed by atoms with E-state index < -0.39 is 11.7 Å². The van der Waals surface area contributed by atoms with Crippen molar-refractivity contribution in [1.82, 2.24) is 9.80 Å². The van der Waals surface area contributed by atoms with Crippen molar-refractivity contribution >= 4 is 35.2 Å². The largest absolute Gasteiger partial charge is 0.416 e. The lowest BCUT2D eigenvalue weighted by Gasteiger charge is -2.43. The van der Waals surface area contributed by atoms with Gasteiger partial charge in [-0.2, -0.15) is 13.2 Å². The number of hydrogen-bond acceptors (Lipinski definition) is 2. The van der Waals surface area contributed by atoms with Gasteiger partial charge < -0.3 is 4.90 Å². The van der Waals surface area contributed by atoms with E-state index in [-0.39, 0.29) is 5.91 Å². The van der Waals surface area contributed by atoms with Crippen molar-refractivity contribution in [2.24, 2.45) is 5.92 Å². The Bertz CT molecular complexity index is 1020. The van der Waals surface area contributed by atoms with E-state index in [4.69, 9.17) is 23.2 Å². The molecule has 2 heterocycles. The number of hydrogen-bond donors (Lipinski definition) is 0. The second-order valence-corrected chi connectivity index (χ2v) is 10.4. The fourth-order valence-electron chi connectivity index (χ4n) is 5.38. The van der Waals surface area contributed by atoms with Gasteiger partial charge in [-0.15, -0.1) is 11.6 Å². The minimum absolute atomic E-state index is 0.112. The first-order valence-electron chi connectivity index (χ1n) is 12.4. The van der Waals surface area contributed by atoms with Gasteiger partial charge in [0.2, 0.25) is 5.91 Å². The van der Waals surface area contributed by atoms with Crippen LogP contribution in [-0.2, 0) is 11.0 Å². The summed E-state index contributed by atoms with van der Waals surface area (Å²) in [6.45, 7) is 3.35. The Balaban J connectivity index is 1.25. The zero-order valence-corrected chi connectivity index (χ0v) is 21.6. The SMILES string of the molecule is O=C(/C=C/c1ccc(C(F)(F)F)cc1)N1CCC(C(CCl)N2CCC(c3ccc(Cl)cc3)CC2)CC1. The van der Waals surface area contributed by atoms with Crippen LogP contribution in [0.3, 0.4) is 0 Å². The zero-order valence-electron chi connectivity index (χ0n) is 20.1. The summed E-state index contributed by atoms with van der Waals surface area (Å²) in [6.07, 6.45) is 2.64. The summed E-state index contributed by atoms with van der Waals surface area (Å²) >= 11 is 12.5. The van der Waals surface area contributed by atoms with E-state index >= 15 is 0 Å². The van der Waals surface area contributed by atoms with Crippen LogP contribution in [0.15, 0.2) is 54.6 Å². The van der Waals surface area contributed by atoms with Crippen molar-refractivity contribution in [3.05, 3.63) is 76.3 Å². The van der Waals surface area contributed by atoms with E-state index in [1.165, 1.54) is 23.8 Å². The molecule has 194 valence electrons. The summed E-state index contributed by atoms with van der Waals surface area (Å²) in [5, 5.41) is 0.762. The number of halogens is 5. The van der Waals surface area contributed by atoms with E-state index in [1.54, 1.807) is 6.08 Å². The van der Waals surface area contributed by atoms with E-state index in [1.807, 2.05) is 17.0 Å². The molecule has 4 rings (SSSR count). The molecule has 0 aliphatic carbocycles. The van der Waals surface area contributed by atoms with Gasteiger partial charge in [0.1, 0.15) is 0 Å². The van der Waals surface area contributed by atoms with Crippen molar-refractivity contribution in [2.45, 2.75) is 43.8 Å². The topological polar surface area (TPSA) is 23.6 Å². The second kappa shape index (κ2) is 12.0. The second-order valence-electron chi connectivity index (χ2n) is 9.70. The van der Waals surface area contributed by atoms with Gasteiger partial charge in [0.05, 0.1) is 5.56 Å². The quantitative estimate of drug-likeness (QED) is 0.289. The highest BCUT2D eigenvalue weighted by Crippen LogP contribution is 2.33. The Kier molecular flexibility index (Phi) is 9.02. The van der Waals surface area contributed by atoms with E-state index in [9.17, 15) is 18.0 Å². The van der Waals surface area contributed by atoms with Crippen LogP contribution in [0.4, 0.5) is 13.2 Å². The summed E-state index contributed by atoms with van der Waals surface area (Å²) in [4.78, 5) is 17.0. The van der Waals surface area contributed by atoms with Gasteiger partial charge in [0, 0.05) is 36.1 Å². The van der Waals surface area contributed by atoms with Crippen LogP contribution in [0.5, 0.6) is 0 Å². The Labute approximate surface area is 220 Å². The van der Waals surface area contributed by atoms with Crippen LogP contribution in [0, 0.1) is 5.92 Å². The number of likely N-dealkylation sites (tertiary alicyclic amines) is 2. The molecule has 2 aromatic rings. The molecule has 3 nitrogen and oxygen atoms in total. The third-order valence-corrected chi connectivity index (χ3v) is 8.12. The lowest BCUT2D eigenvalue weighted by Crippen LogP contribution is -2.49. The monoisotopic (exact) mass is 538 g/mol. The van der Waals surface area contributed by atoms with Crippen LogP contribution in [0.25, 0.3) is 6.08 Å². The lowest BCUT2D eigenvalue weighted by molar-refractivity contribution is -0.137. The molecule has 2 fully saturated rings.